The molecule has 0 radical (unpaired) electrons. The van der Waals surface area contributed by atoms with E-state index in [2.05, 4.69) is 10.0 Å². The van der Waals surface area contributed by atoms with Crippen LogP contribution >= 0.6 is 0 Å². The van der Waals surface area contributed by atoms with E-state index < -0.39 is 33.4 Å². The Hall–Kier alpha value is -2.04. The number of phenols is 3. The molecular formula is C11H17N3O6S. The first-order valence-electron chi connectivity index (χ1n) is 5.85. The number of rotatable bonds is 6. The summed E-state index contributed by atoms with van der Waals surface area (Å²) in [7, 11) is -0.833. The molecule has 10 heteroatoms. The molecule has 9 nitrogen and oxygen atoms in total. The smallest absolute Gasteiger partial charge is 0.278 e. The van der Waals surface area contributed by atoms with Crippen molar-refractivity contribution in [3.05, 3.63) is 17.7 Å². The van der Waals surface area contributed by atoms with Crippen LogP contribution in [-0.4, -0.2) is 61.1 Å². The second-order valence-corrected chi connectivity index (χ2v) is 6.27. The predicted molar refractivity (Wildman–Crippen MR) is 74.4 cm³/mol. The zero-order valence-corrected chi connectivity index (χ0v) is 12.3. The van der Waals surface area contributed by atoms with Gasteiger partial charge in [-0.1, -0.05) is 0 Å². The maximum atomic E-state index is 11.7. The Morgan fingerprint density at radius 2 is 1.67 bits per heavy atom. The number of amides is 1. The van der Waals surface area contributed by atoms with Crippen LogP contribution in [0, 0.1) is 0 Å². The van der Waals surface area contributed by atoms with E-state index in [0.717, 1.165) is 16.4 Å². The van der Waals surface area contributed by atoms with E-state index in [4.69, 9.17) is 5.11 Å². The molecule has 0 aromatic heterocycles. The molecule has 1 amide bonds. The van der Waals surface area contributed by atoms with E-state index in [-0.39, 0.29) is 18.7 Å². The van der Waals surface area contributed by atoms with Gasteiger partial charge in [-0.15, -0.1) is 0 Å². The van der Waals surface area contributed by atoms with Crippen molar-refractivity contribution >= 4 is 16.1 Å². The van der Waals surface area contributed by atoms with Crippen molar-refractivity contribution in [2.45, 2.75) is 0 Å². The van der Waals surface area contributed by atoms with Gasteiger partial charge in [-0.2, -0.15) is 12.7 Å². The number of nitrogens with zero attached hydrogens (tertiary/aromatic N) is 1. The zero-order valence-electron chi connectivity index (χ0n) is 11.5. The molecule has 0 fully saturated rings. The van der Waals surface area contributed by atoms with Crippen molar-refractivity contribution in [1.82, 2.24) is 14.3 Å². The largest absolute Gasteiger partial charge is 0.504 e. The third kappa shape index (κ3) is 4.48. The molecule has 118 valence electrons. The van der Waals surface area contributed by atoms with Gasteiger partial charge in [0.1, 0.15) is 0 Å². The number of hydrogen-bond donors (Lipinski definition) is 5. The van der Waals surface area contributed by atoms with Crippen LogP contribution in [0.2, 0.25) is 0 Å². The first-order chi connectivity index (χ1) is 9.65. The summed E-state index contributed by atoms with van der Waals surface area (Å²) in [5.74, 6) is -2.61. The first-order valence-corrected chi connectivity index (χ1v) is 7.29. The minimum Gasteiger partial charge on any atom is -0.504 e. The molecule has 1 rings (SSSR count). The van der Waals surface area contributed by atoms with Crippen molar-refractivity contribution in [3.63, 3.8) is 0 Å². The van der Waals surface area contributed by atoms with Gasteiger partial charge >= 0.3 is 0 Å². The Balaban J connectivity index is 2.56. The molecule has 1 aromatic rings. The van der Waals surface area contributed by atoms with E-state index in [1.807, 2.05) is 0 Å². The number of carbonyl (C=O) groups excluding carboxylic acids is 1. The summed E-state index contributed by atoms with van der Waals surface area (Å²) in [5, 5.41) is 30.1. The Bertz CT molecular complexity index is 606. The van der Waals surface area contributed by atoms with Crippen LogP contribution in [0.25, 0.3) is 0 Å². The third-order valence-corrected chi connectivity index (χ3v) is 4.04. The second-order valence-electron chi connectivity index (χ2n) is 4.30. The van der Waals surface area contributed by atoms with Crippen LogP contribution in [0.4, 0.5) is 0 Å². The average Bonchev–Trinajstić information content (AvgIpc) is 2.39. The third-order valence-electron chi connectivity index (χ3n) is 2.51. The van der Waals surface area contributed by atoms with Crippen LogP contribution in [0.3, 0.4) is 0 Å². The quantitative estimate of drug-likeness (QED) is 0.334. The Kier molecular flexibility index (Phi) is 5.35. The van der Waals surface area contributed by atoms with Gasteiger partial charge in [0.15, 0.2) is 17.2 Å². The molecule has 0 spiro atoms. The second kappa shape index (κ2) is 6.61. The maximum Gasteiger partial charge on any atom is 0.278 e. The van der Waals surface area contributed by atoms with Crippen molar-refractivity contribution < 1.29 is 28.5 Å². The van der Waals surface area contributed by atoms with Crippen LogP contribution in [-0.2, 0) is 10.2 Å². The summed E-state index contributed by atoms with van der Waals surface area (Å²) in [6.07, 6.45) is 0. The highest BCUT2D eigenvalue weighted by Gasteiger charge is 2.14. The van der Waals surface area contributed by atoms with Crippen LogP contribution < -0.4 is 10.0 Å². The van der Waals surface area contributed by atoms with E-state index >= 15 is 0 Å². The van der Waals surface area contributed by atoms with Crippen LogP contribution in [0.15, 0.2) is 12.1 Å². The number of nitrogens with one attached hydrogen (secondary N) is 2. The van der Waals surface area contributed by atoms with Gasteiger partial charge < -0.3 is 20.6 Å². The van der Waals surface area contributed by atoms with Gasteiger partial charge in [-0.25, -0.2) is 4.72 Å². The highest BCUT2D eigenvalue weighted by Crippen LogP contribution is 2.35. The van der Waals surface area contributed by atoms with E-state index in [9.17, 15) is 23.4 Å². The van der Waals surface area contributed by atoms with Crippen molar-refractivity contribution in [1.29, 1.82) is 0 Å². The lowest BCUT2D eigenvalue weighted by Gasteiger charge is -2.12. The van der Waals surface area contributed by atoms with Gasteiger partial charge in [-0.3, -0.25) is 4.79 Å². The fourth-order valence-electron chi connectivity index (χ4n) is 1.32. The van der Waals surface area contributed by atoms with Gasteiger partial charge in [0.2, 0.25) is 0 Å². The first kappa shape index (κ1) is 17.0. The lowest BCUT2D eigenvalue weighted by atomic mass is 10.1. The van der Waals surface area contributed by atoms with E-state index in [1.165, 1.54) is 14.1 Å². The average molecular weight is 319 g/mol. The van der Waals surface area contributed by atoms with Crippen LogP contribution in [0.5, 0.6) is 17.2 Å². The van der Waals surface area contributed by atoms with Crippen molar-refractivity contribution in [2.24, 2.45) is 0 Å². The standard InChI is InChI=1S/C11H17N3O6S/c1-14(2)21(19,20)13-4-3-12-11(18)7-5-8(15)10(17)9(16)6-7/h5-6,13,15-17H,3-4H2,1-2H3,(H,12,18). The van der Waals surface area contributed by atoms with Gasteiger partial charge in [0.05, 0.1) is 0 Å². The molecule has 1 aromatic carbocycles. The number of carbonyl (C=O) groups is 1. The molecular weight excluding hydrogens is 302 g/mol. The lowest BCUT2D eigenvalue weighted by Crippen LogP contribution is -2.40. The normalized spacial score (nSPS) is 11.6. The van der Waals surface area contributed by atoms with Gasteiger partial charge in [0, 0.05) is 32.7 Å². The van der Waals surface area contributed by atoms with Gasteiger partial charge in [-0.05, 0) is 12.1 Å². The Morgan fingerprint density at radius 3 is 2.14 bits per heavy atom. The molecule has 0 aliphatic rings. The number of aromatic hydroxyl groups is 3. The highest BCUT2D eigenvalue weighted by molar-refractivity contribution is 7.87. The van der Waals surface area contributed by atoms with Gasteiger partial charge in [0.25, 0.3) is 16.1 Å². The fraction of sp³-hybridized carbons (Fsp3) is 0.364. The molecule has 0 saturated heterocycles. The number of phenolic OH excluding ortho intramolecular Hbond substituents is 3. The maximum absolute atomic E-state index is 11.7. The minimum atomic E-state index is -3.56. The monoisotopic (exact) mass is 319 g/mol. The minimum absolute atomic E-state index is 0.00824. The lowest BCUT2D eigenvalue weighted by molar-refractivity contribution is 0.0953. The van der Waals surface area contributed by atoms with Crippen LogP contribution in [0.1, 0.15) is 10.4 Å². The molecule has 0 aliphatic carbocycles. The summed E-state index contributed by atoms with van der Waals surface area (Å²) in [6, 6.07) is 1.96. The molecule has 0 unspecified atom stereocenters. The molecule has 0 aliphatic heterocycles. The van der Waals surface area contributed by atoms with Crippen molar-refractivity contribution in [3.8, 4) is 17.2 Å². The topological polar surface area (TPSA) is 139 Å². The summed E-state index contributed by atoms with van der Waals surface area (Å²) >= 11 is 0. The molecule has 0 bridgehead atoms. The van der Waals surface area contributed by atoms with E-state index in [0.29, 0.717) is 0 Å². The summed E-state index contributed by atoms with van der Waals surface area (Å²) < 4.78 is 26.0. The number of hydrogen-bond acceptors (Lipinski definition) is 6. The highest BCUT2D eigenvalue weighted by atomic mass is 32.2. The summed E-state index contributed by atoms with van der Waals surface area (Å²) in [5.41, 5.74) is -0.0710. The summed E-state index contributed by atoms with van der Waals surface area (Å²) in [6.45, 7) is -0.0173. The Morgan fingerprint density at radius 1 is 1.14 bits per heavy atom. The Labute approximate surface area is 122 Å². The zero-order chi connectivity index (χ0) is 16.2. The fourth-order valence-corrected chi connectivity index (χ4v) is 1.94. The number of benzene rings is 1. The summed E-state index contributed by atoms with van der Waals surface area (Å²) in [4.78, 5) is 11.7. The molecule has 5 N–H and O–H groups in total. The van der Waals surface area contributed by atoms with Crippen molar-refractivity contribution in [2.75, 3.05) is 27.2 Å². The SMILES string of the molecule is CN(C)S(=O)(=O)NCCNC(=O)c1cc(O)c(O)c(O)c1. The molecule has 21 heavy (non-hydrogen) atoms. The predicted octanol–water partition coefficient (Wildman–Crippen LogP) is -1.07. The molecule has 0 heterocycles. The van der Waals surface area contributed by atoms with E-state index in [1.54, 1.807) is 0 Å². The molecule has 0 saturated carbocycles. The molecule has 0 atom stereocenters.